The molecule has 0 aliphatic heterocycles. The molecule has 0 aliphatic carbocycles. The van der Waals surface area contributed by atoms with E-state index in [1.54, 1.807) is 0 Å². The smallest absolute Gasteiger partial charge is 0.359 e. The lowest BCUT2D eigenvalue weighted by Crippen LogP contribution is -2.31. The molecule has 0 saturated heterocycles. The van der Waals surface area contributed by atoms with Gasteiger partial charge in [0.2, 0.25) is 0 Å². The van der Waals surface area contributed by atoms with Gasteiger partial charge in [-0.25, -0.2) is 0 Å². The van der Waals surface area contributed by atoms with E-state index in [-0.39, 0.29) is 19.5 Å². The average molecular weight is 381 g/mol. The number of alkyl halides is 3. The maximum Gasteiger partial charge on any atom is 0.430 e. The van der Waals surface area contributed by atoms with Crippen molar-refractivity contribution in [1.82, 2.24) is 4.90 Å². The van der Waals surface area contributed by atoms with E-state index in [1.165, 1.54) is 11.0 Å². The quantitative estimate of drug-likeness (QED) is 0.459. The van der Waals surface area contributed by atoms with Crippen molar-refractivity contribution in [2.75, 3.05) is 0 Å². The summed E-state index contributed by atoms with van der Waals surface area (Å²) in [5.41, 5.74) is 1.93. The van der Waals surface area contributed by atoms with Crippen LogP contribution in [0.25, 0.3) is 0 Å². The van der Waals surface area contributed by atoms with E-state index >= 15 is 0 Å². The van der Waals surface area contributed by atoms with Gasteiger partial charge in [-0.3, -0.25) is 0 Å². The van der Waals surface area contributed by atoms with Crippen LogP contribution in [0, 0.1) is 0 Å². The fraction of sp³-hybridized carbons (Fsp3) is 0.167. The number of allylic oxidation sites excluding steroid dienone is 2. The van der Waals surface area contributed by atoms with Crippen LogP contribution in [0.1, 0.15) is 16.7 Å². The SMILES string of the molecule is FC(F)(F)/C(=C\Cc1ccccc1)N(Cc1ccccc1)Cc1ccccc1. The molecule has 0 bridgehead atoms. The number of benzene rings is 3. The van der Waals surface area contributed by atoms with Crippen molar-refractivity contribution < 1.29 is 13.2 Å². The Hall–Kier alpha value is -3.01. The van der Waals surface area contributed by atoms with Crippen LogP contribution in [-0.2, 0) is 19.5 Å². The van der Waals surface area contributed by atoms with E-state index in [4.69, 9.17) is 0 Å². The Morgan fingerprint density at radius 3 is 1.43 bits per heavy atom. The van der Waals surface area contributed by atoms with E-state index in [2.05, 4.69) is 0 Å². The molecular weight excluding hydrogens is 359 g/mol. The summed E-state index contributed by atoms with van der Waals surface area (Å²) < 4.78 is 41.9. The van der Waals surface area contributed by atoms with Gasteiger partial charge in [-0.2, -0.15) is 13.2 Å². The van der Waals surface area contributed by atoms with E-state index in [0.29, 0.717) is 0 Å². The van der Waals surface area contributed by atoms with E-state index < -0.39 is 11.9 Å². The topological polar surface area (TPSA) is 3.24 Å². The number of halogens is 3. The zero-order chi connectivity index (χ0) is 19.8. The molecule has 0 atom stereocenters. The van der Waals surface area contributed by atoms with Crippen LogP contribution in [0.15, 0.2) is 103 Å². The largest absolute Gasteiger partial charge is 0.430 e. The first-order valence-electron chi connectivity index (χ1n) is 9.16. The number of nitrogens with zero attached hydrogens (tertiary/aromatic N) is 1. The molecule has 4 heteroatoms. The second-order valence-corrected chi connectivity index (χ2v) is 6.60. The molecule has 0 fully saturated rings. The molecule has 0 heterocycles. The van der Waals surface area contributed by atoms with Crippen LogP contribution in [0.4, 0.5) is 13.2 Å². The molecule has 0 radical (unpaired) electrons. The minimum absolute atomic E-state index is 0.190. The minimum atomic E-state index is -4.43. The van der Waals surface area contributed by atoms with Crippen LogP contribution >= 0.6 is 0 Å². The molecule has 144 valence electrons. The molecule has 0 aliphatic rings. The lowest BCUT2D eigenvalue weighted by Gasteiger charge is -2.29. The van der Waals surface area contributed by atoms with Gasteiger partial charge in [0.15, 0.2) is 0 Å². The Morgan fingerprint density at radius 2 is 1.04 bits per heavy atom. The summed E-state index contributed by atoms with van der Waals surface area (Å²) in [4.78, 5) is 1.41. The summed E-state index contributed by atoms with van der Waals surface area (Å²) in [6, 6.07) is 27.7. The summed E-state index contributed by atoms with van der Waals surface area (Å²) in [6.07, 6.45) is -2.91. The first-order chi connectivity index (χ1) is 13.5. The Kier molecular flexibility index (Phi) is 6.53. The number of hydrogen-bond acceptors (Lipinski definition) is 1. The van der Waals surface area contributed by atoms with Gasteiger partial charge in [-0.15, -0.1) is 0 Å². The third-order valence-corrected chi connectivity index (χ3v) is 4.44. The molecule has 3 aromatic carbocycles. The molecule has 0 N–H and O–H groups in total. The van der Waals surface area contributed by atoms with Crippen molar-refractivity contribution in [2.45, 2.75) is 25.7 Å². The molecular formula is C24H22F3N. The van der Waals surface area contributed by atoms with Gasteiger partial charge in [0.25, 0.3) is 0 Å². The summed E-state index contributed by atoms with van der Waals surface area (Å²) in [6.45, 7) is 0.381. The standard InChI is InChI=1S/C24H22F3N/c25-24(26,27)23(17-16-20-10-4-1-5-11-20)28(18-21-12-6-2-7-13-21)19-22-14-8-3-9-15-22/h1-15,17H,16,18-19H2/b23-17+. The highest BCUT2D eigenvalue weighted by molar-refractivity contribution is 5.24. The van der Waals surface area contributed by atoms with Crippen molar-refractivity contribution >= 4 is 0 Å². The zero-order valence-corrected chi connectivity index (χ0v) is 15.4. The van der Waals surface area contributed by atoms with Crippen LogP contribution in [0.2, 0.25) is 0 Å². The Balaban J connectivity index is 1.92. The predicted molar refractivity (Wildman–Crippen MR) is 106 cm³/mol. The fourth-order valence-corrected chi connectivity index (χ4v) is 3.09. The molecule has 0 aromatic heterocycles. The normalized spacial score (nSPS) is 12.0. The van der Waals surface area contributed by atoms with Gasteiger partial charge in [-0.05, 0) is 23.1 Å². The average Bonchev–Trinajstić information content (AvgIpc) is 2.69. The van der Waals surface area contributed by atoms with Crippen LogP contribution in [0.3, 0.4) is 0 Å². The van der Waals surface area contributed by atoms with Gasteiger partial charge in [0.05, 0.1) is 0 Å². The Morgan fingerprint density at radius 1 is 0.643 bits per heavy atom. The third-order valence-electron chi connectivity index (χ3n) is 4.44. The van der Waals surface area contributed by atoms with Gasteiger partial charge >= 0.3 is 6.18 Å². The molecule has 3 aromatic rings. The predicted octanol–water partition coefficient (Wildman–Crippen LogP) is 6.38. The Bertz CT molecular complexity index is 830. The maximum atomic E-state index is 14.0. The first kappa shape index (κ1) is 19.7. The molecule has 0 unspecified atom stereocenters. The van der Waals surface area contributed by atoms with Crippen molar-refractivity contribution in [1.29, 1.82) is 0 Å². The summed E-state index contributed by atoms with van der Waals surface area (Å²) in [5, 5.41) is 0. The third kappa shape index (κ3) is 5.74. The molecule has 1 nitrogen and oxygen atoms in total. The highest BCUT2D eigenvalue weighted by Crippen LogP contribution is 2.31. The second-order valence-electron chi connectivity index (χ2n) is 6.60. The summed E-state index contributed by atoms with van der Waals surface area (Å²) in [5.74, 6) is 0. The maximum absolute atomic E-state index is 14.0. The molecule has 28 heavy (non-hydrogen) atoms. The summed E-state index contributed by atoms with van der Waals surface area (Å²) >= 11 is 0. The number of rotatable bonds is 7. The van der Waals surface area contributed by atoms with Crippen LogP contribution in [-0.4, -0.2) is 11.1 Å². The molecule has 3 rings (SSSR count). The van der Waals surface area contributed by atoms with Crippen molar-refractivity contribution in [3.8, 4) is 0 Å². The van der Waals surface area contributed by atoms with Gasteiger partial charge < -0.3 is 4.90 Å². The Labute approximate surface area is 163 Å². The van der Waals surface area contributed by atoms with E-state index in [9.17, 15) is 13.2 Å². The second kappa shape index (κ2) is 9.27. The first-order valence-corrected chi connectivity index (χ1v) is 9.16. The molecule has 0 amide bonds. The lowest BCUT2D eigenvalue weighted by molar-refractivity contribution is -0.113. The van der Waals surface area contributed by atoms with Crippen molar-refractivity contribution in [3.05, 3.63) is 119 Å². The van der Waals surface area contributed by atoms with Gasteiger partial charge in [-0.1, -0.05) is 97.1 Å². The van der Waals surface area contributed by atoms with Crippen molar-refractivity contribution in [2.24, 2.45) is 0 Å². The monoisotopic (exact) mass is 381 g/mol. The van der Waals surface area contributed by atoms with E-state index in [0.717, 1.165) is 16.7 Å². The number of hydrogen-bond donors (Lipinski definition) is 0. The van der Waals surface area contributed by atoms with Gasteiger partial charge in [0, 0.05) is 13.1 Å². The summed E-state index contributed by atoms with van der Waals surface area (Å²) in [7, 11) is 0. The van der Waals surface area contributed by atoms with E-state index in [1.807, 2.05) is 91.0 Å². The minimum Gasteiger partial charge on any atom is -0.359 e. The molecule has 0 saturated carbocycles. The lowest BCUT2D eigenvalue weighted by atomic mass is 10.1. The van der Waals surface area contributed by atoms with Gasteiger partial charge in [0.1, 0.15) is 5.70 Å². The van der Waals surface area contributed by atoms with Crippen molar-refractivity contribution in [3.63, 3.8) is 0 Å². The zero-order valence-electron chi connectivity index (χ0n) is 15.4. The highest BCUT2D eigenvalue weighted by Gasteiger charge is 2.37. The molecule has 0 spiro atoms. The van der Waals surface area contributed by atoms with Crippen LogP contribution in [0.5, 0.6) is 0 Å². The highest BCUT2D eigenvalue weighted by atomic mass is 19.4. The fourth-order valence-electron chi connectivity index (χ4n) is 3.09. The van der Waals surface area contributed by atoms with Crippen LogP contribution < -0.4 is 0 Å².